The summed E-state index contributed by atoms with van der Waals surface area (Å²) in [7, 11) is 0. The average molecular weight is 305 g/mol. The number of benzene rings is 1. The van der Waals surface area contributed by atoms with E-state index in [1.54, 1.807) is 12.1 Å². The molecule has 1 aromatic rings. The zero-order valence-electron chi connectivity index (χ0n) is 12.0. The van der Waals surface area contributed by atoms with Gasteiger partial charge in [0.05, 0.1) is 11.1 Å². The Kier molecular flexibility index (Phi) is 3.92. The van der Waals surface area contributed by atoms with Gasteiger partial charge >= 0.3 is 5.97 Å². The molecule has 0 aromatic heterocycles. The largest absolute Gasteiger partial charge is 0.367 e. The van der Waals surface area contributed by atoms with E-state index in [1.807, 2.05) is 0 Å². The predicted octanol–water partition coefficient (Wildman–Crippen LogP) is 2.66. The van der Waals surface area contributed by atoms with Gasteiger partial charge in [0.2, 0.25) is 0 Å². The highest BCUT2D eigenvalue weighted by Gasteiger charge is 2.40. The number of imide groups is 1. The molecule has 1 saturated carbocycles. The summed E-state index contributed by atoms with van der Waals surface area (Å²) in [6.07, 6.45) is 2.17. The summed E-state index contributed by atoms with van der Waals surface area (Å²) < 4.78 is 14.0. The first-order chi connectivity index (χ1) is 10.6. The molecule has 6 heteroatoms. The summed E-state index contributed by atoms with van der Waals surface area (Å²) in [6.45, 7) is 0. The second-order valence-corrected chi connectivity index (χ2v) is 5.71. The Morgan fingerprint density at radius 3 is 2.27 bits per heavy atom. The fourth-order valence-electron chi connectivity index (χ4n) is 3.03. The number of fused-ring (bicyclic) bond motifs is 1. The first-order valence-corrected chi connectivity index (χ1v) is 7.41. The lowest BCUT2D eigenvalue weighted by Crippen LogP contribution is -2.36. The van der Waals surface area contributed by atoms with E-state index in [0.717, 1.165) is 25.7 Å². The number of carbonyl (C=O) groups excluding carboxylic acids is 3. The van der Waals surface area contributed by atoms with E-state index in [-0.39, 0.29) is 23.5 Å². The second kappa shape index (κ2) is 5.87. The van der Waals surface area contributed by atoms with Gasteiger partial charge in [0.15, 0.2) is 6.17 Å². The van der Waals surface area contributed by atoms with Crippen LogP contribution in [0.3, 0.4) is 0 Å². The number of halogens is 1. The Morgan fingerprint density at radius 1 is 1.18 bits per heavy atom. The van der Waals surface area contributed by atoms with Crippen LogP contribution in [0, 0.1) is 5.92 Å². The Morgan fingerprint density at radius 2 is 1.73 bits per heavy atom. The van der Waals surface area contributed by atoms with Gasteiger partial charge in [-0.05, 0) is 24.5 Å². The Labute approximate surface area is 127 Å². The van der Waals surface area contributed by atoms with Crippen molar-refractivity contribution >= 4 is 17.8 Å². The molecular formula is C16H16FNO4. The number of rotatable bonds is 4. The number of hydrogen-bond donors (Lipinski definition) is 0. The third-order valence-corrected chi connectivity index (χ3v) is 4.21. The molecule has 1 heterocycles. The van der Waals surface area contributed by atoms with Crippen LogP contribution in [0.25, 0.3) is 0 Å². The van der Waals surface area contributed by atoms with Gasteiger partial charge in [0.25, 0.3) is 11.8 Å². The highest BCUT2D eigenvalue weighted by molar-refractivity contribution is 6.20. The van der Waals surface area contributed by atoms with Gasteiger partial charge in [-0.1, -0.05) is 42.9 Å². The van der Waals surface area contributed by atoms with Crippen molar-refractivity contribution in [3.8, 4) is 0 Å². The van der Waals surface area contributed by atoms with Crippen LogP contribution in [0.15, 0.2) is 24.3 Å². The van der Waals surface area contributed by atoms with Crippen LogP contribution < -0.4 is 0 Å². The lowest BCUT2D eigenvalue weighted by Gasteiger charge is -2.16. The van der Waals surface area contributed by atoms with E-state index >= 15 is 0 Å². The maximum atomic E-state index is 14.0. The van der Waals surface area contributed by atoms with Crippen molar-refractivity contribution in [2.45, 2.75) is 38.3 Å². The summed E-state index contributed by atoms with van der Waals surface area (Å²) >= 11 is 0. The maximum absolute atomic E-state index is 14.0. The SMILES string of the molecule is O=C(ON1C(=O)c2ccccc2C1=O)C(F)CC1CCCC1. The van der Waals surface area contributed by atoms with E-state index in [9.17, 15) is 18.8 Å². The number of alkyl halides is 1. The molecule has 0 saturated heterocycles. The molecule has 1 atom stereocenters. The highest BCUT2D eigenvalue weighted by atomic mass is 19.1. The average Bonchev–Trinajstić information content (AvgIpc) is 3.10. The number of hydrogen-bond acceptors (Lipinski definition) is 4. The van der Waals surface area contributed by atoms with Crippen molar-refractivity contribution < 1.29 is 23.6 Å². The van der Waals surface area contributed by atoms with E-state index < -0.39 is 24.0 Å². The molecule has 1 aliphatic carbocycles. The predicted molar refractivity (Wildman–Crippen MR) is 74.5 cm³/mol. The van der Waals surface area contributed by atoms with Crippen molar-refractivity contribution in [3.63, 3.8) is 0 Å². The molecule has 2 amide bonds. The Bertz CT molecular complexity index is 589. The molecule has 1 aliphatic heterocycles. The number of carbonyl (C=O) groups is 3. The minimum atomic E-state index is -1.81. The van der Waals surface area contributed by atoms with Gasteiger partial charge in [0, 0.05) is 0 Å². The van der Waals surface area contributed by atoms with Crippen LogP contribution in [-0.4, -0.2) is 29.0 Å². The van der Waals surface area contributed by atoms with Crippen LogP contribution in [-0.2, 0) is 9.63 Å². The Balaban J connectivity index is 1.65. The van der Waals surface area contributed by atoms with Gasteiger partial charge in [-0.3, -0.25) is 9.59 Å². The summed E-state index contributed by atoms with van der Waals surface area (Å²) in [5.41, 5.74) is 0.318. The monoisotopic (exact) mass is 305 g/mol. The third-order valence-electron chi connectivity index (χ3n) is 4.21. The van der Waals surface area contributed by atoms with E-state index in [4.69, 9.17) is 4.84 Å². The lowest BCUT2D eigenvalue weighted by atomic mass is 10.0. The van der Waals surface area contributed by atoms with Crippen LogP contribution in [0.5, 0.6) is 0 Å². The van der Waals surface area contributed by atoms with Crippen molar-refractivity contribution in [1.29, 1.82) is 0 Å². The molecule has 2 aliphatic rings. The molecule has 3 rings (SSSR count). The van der Waals surface area contributed by atoms with Crippen molar-refractivity contribution in [2.75, 3.05) is 0 Å². The summed E-state index contributed by atoms with van der Waals surface area (Å²) in [6, 6.07) is 6.14. The molecule has 22 heavy (non-hydrogen) atoms. The van der Waals surface area contributed by atoms with Crippen LogP contribution in [0.2, 0.25) is 0 Å². The van der Waals surface area contributed by atoms with Crippen LogP contribution in [0.1, 0.15) is 52.8 Å². The maximum Gasteiger partial charge on any atom is 0.367 e. The summed E-state index contributed by atoms with van der Waals surface area (Å²) in [5, 5.41) is 0.355. The smallest absolute Gasteiger partial charge is 0.326 e. The molecule has 0 radical (unpaired) electrons. The molecule has 5 nitrogen and oxygen atoms in total. The highest BCUT2D eigenvalue weighted by Crippen LogP contribution is 2.30. The molecule has 1 unspecified atom stereocenters. The van der Waals surface area contributed by atoms with Crippen LogP contribution >= 0.6 is 0 Å². The third kappa shape index (κ3) is 2.61. The first-order valence-electron chi connectivity index (χ1n) is 7.41. The normalized spacial score (nSPS) is 19.4. The zero-order valence-corrected chi connectivity index (χ0v) is 12.0. The van der Waals surface area contributed by atoms with Crippen molar-refractivity contribution in [3.05, 3.63) is 35.4 Å². The molecular weight excluding hydrogens is 289 g/mol. The number of hydroxylamine groups is 2. The summed E-state index contributed by atoms with van der Waals surface area (Å²) in [4.78, 5) is 40.5. The first kappa shape index (κ1) is 14.7. The minimum absolute atomic E-state index is 0.0853. The number of nitrogens with zero attached hydrogens (tertiary/aromatic N) is 1. The molecule has 0 spiro atoms. The molecule has 1 fully saturated rings. The van der Waals surface area contributed by atoms with Crippen molar-refractivity contribution in [1.82, 2.24) is 5.06 Å². The van der Waals surface area contributed by atoms with Crippen molar-refractivity contribution in [2.24, 2.45) is 5.92 Å². The lowest BCUT2D eigenvalue weighted by molar-refractivity contribution is -0.175. The van der Waals surface area contributed by atoms with Crippen LogP contribution in [0.4, 0.5) is 4.39 Å². The molecule has 0 N–H and O–H groups in total. The topological polar surface area (TPSA) is 63.7 Å². The standard InChI is InChI=1S/C16H16FNO4/c17-13(9-10-5-1-2-6-10)16(21)22-18-14(19)11-7-3-4-8-12(11)15(18)20/h3-4,7-8,10,13H,1-2,5-6,9H2. The number of amides is 2. The quantitative estimate of drug-likeness (QED) is 0.802. The Hall–Kier alpha value is -2.24. The van der Waals surface area contributed by atoms with Gasteiger partial charge in [-0.25, -0.2) is 9.18 Å². The zero-order chi connectivity index (χ0) is 15.7. The molecule has 116 valence electrons. The molecule has 0 bridgehead atoms. The minimum Gasteiger partial charge on any atom is -0.326 e. The van der Waals surface area contributed by atoms with Gasteiger partial charge in [-0.2, -0.15) is 0 Å². The van der Waals surface area contributed by atoms with E-state index in [0.29, 0.717) is 5.06 Å². The van der Waals surface area contributed by atoms with Gasteiger partial charge in [-0.15, -0.1) is 0 Å². The van der Waals surface area contributed by atoms with E-state index in [2.05, 4.69) is 0 Å². The second-order valence-electron chi connectivity index (χ2n) is 5.71. The van der Waals surface area contributed by atoms with E-state index in [1.165, 1.54) is 12.1 Å². The molecule has 1 aromatic carbocycles. The summed E-state index contributed by atoms with van der Waals surface area (Å²) in [5.74, 6) is -2.48. The fraction of sp³-hybridized carbons (Fsp3) is 0.438. The van der Waals surface area contributed by atoms with Gasteiger partial charge < -0.3 is 4.84 Å². The fourth-order valence-corrected chi connectivity index (χ4v) is 3.03. The van der Waals surface area contributed by atoms with Gasteiger partial charge in [0.1, 0.15) is 0 Å².